The lowest BCUT2D eigenvalue weighted by atomic mass is 10.3. The molecule has 0 bridgehead atoms. The molecular weight excluding hydrogens is 314 g/mol. The second kappa shape index (κ2) is 6.66. The van der Waals surface area contributed by atoms with E-state index < -0.39 is 0 Å². The number of anilines is 1. The zero-order chi connectivity index (χ0) is 12.8. The number of hydrogen-bond donors (Lipinski definition) is 1. The van der Waals surface area contributed by atoms with Gasteiger partial charge in [0.15, 0.2) is 0 Å². The summed E-state index contributed by atoms with van der Waals surface area (Å²) in [4.78, 5) is 0. The Morgan fingerprint density at radius 1 is 1.11 bits per heavy atom. The van der Waals surface area contributed by atoms with Crippen LogP contribution in [-0.2, 0) is 0 Å². The summed E-state index contributed by atoms with van der Waals surface area (Å²) < 4.78 is 6.57. The Labute approximate surface area is 120 Å². The lowest BCUT2D eigenvalue weighted by Gasteiger charge is -2.10. The van der Waals surface area contributed by atoms with E-state index in [2.05, 4.69) is 21.2 Å². The zero-order valence-electron chi connectivity index (χ0n) is 9.70. The highest BCUT2D eigenvalue weighted by molar-refractivity contribution is 9.10. The third-order valence-electron chi connectivity index (χ3n) is 2.36. The van der Waals surface area contributed by atoms with Gasteiger partial charge in [-0.2, -0.15) is 0 Å². The van der Waals surface area contributed by atoms with Crippen molar-refractivity contribution in [1.29, 1.82) is 0 Å². The van der Waals surface area contributed by atoms with Gasteiger partial charge in [0.2, 0.25) is 0 Å². The lowest BCUT2D eigenvalue weighted by Crippen LogP contribution is -2.11. The zero-order valence-corrected chi connectivity index (χ0v) is 12.0. The quantitative estimate of drug-likeness (QED) is 0.811. The molecule has 0 amide bonds. The van der Waals surface area contributed by atoms with Crippen molar-refractivity contribution in [3.8, 4) is 5.75 Å². The van der Waals surface area contributed by atoms with Crippen LogP contribution in [-0.4, -0.2) is 13.2 Å². The van der Waals surface area contributed by atoms with Crippen LogP contribution in [0.1, 0.15) is 0 Å². The Kier molecular flexibility index (Phi) is 4.90. The molecule has 0 aromatic heterocycles. The molecule has 4 heteroatoms. The van der Waals surface area contributed by atoms with Gasteiger partial charge in [-0.25, -0.2) is 0 Å². The molecule has 2 aromatic carbocycles. The van der Waals surface area contributed by atoms with Crippen molar-refractivity contribution < 1.29 is 4.74 Å². The smallest absolute Gasteiger partial charge is 0.139 e. The van der Waals surface area contributed by atoms with Crippen molar-refractivity contribution in [2.24, 2.45) is 0 Å². The summed E-state index contributed by atoms with van der Waals surface area (Å²) in [6.45, 7) is 1.29. The normalized spacial score (nSPS) is 10.1. The van der Waals surface area contributed by atoms with Crippen molar-refractivity contribution in [2.75, 3.05) is 18.5 Å². The highest BCUT2D eigenvalue weighted by Gasteiger charge is 2.01. The van der Waals surface area contributed by atoms with Crippen LogP contribution in [0, 0.1) is 0 Å². The molecule has 0 fully saturated rings. The summed E-state index contributed by atoms with van der Waals surface area (Å²) >= 11 is 9.41. The Balaban J connectivity index is 1.80. The molecule has 94 valence electrons. The second-order valence-corrected chi connectivity index (χ2v) is 5.04. The molecule has 0 spiro atoms. The van der Waals surface area contributed by atoms with E-state index in [0.717, 1.165) is 16.7 Å². The van der Waals surface area contributed by atoms with Gasteiger partial charge in [0.25, 0.3) is 0 Å². The van der Waals surface area contributed by atoms with E-state index in [-0.39, 0.29) is 0 Å². The third kappa shape index (κ3) is 3.93. The molecule has 2 rings (SSSR count). The number of ether oxygens (including phenoxy) is 1. The van der Waals surface area contributed by atoms with Crippen LogP contribution in [0.15, 0.2) is 53.0 Å². The fourth-order valence-electron chi connectivity index (χ4n) is 1.50. The Hall–Kier alpha value is -1.19. The van der Waals surface area contributed by atoms with E-state index in [1.54, 1.807) is 0 Å². The van der Waals surface area contributed by atoms with Crippen LogP contribution in [0.2, 0.25) is 5.02 Å². The Morgan fingerprint density at radius 2 is 1.89 bits per heavy atom. The largest absolute Gasteiger partial charge is 0.490 e. The summed E-state index contributed by atoms with van der Waals surface area (Å²) in [5.41, 5.74) is 1.08. The number of nitrogens with one attached hydrogen (secondary N) is 1. The molecule has 0 atom stereocenters. The number of halogens is 2. The van der Waals surface area contributed by atoms with E-state index >= 15 is 0 Å². The van der Waals surface area contributed by atoms with E-state index in [4.69, 9.17) is 16.3 Å². The summed E-state index contributed by atoms with van der Waals surface area (Å²) in [5.74, 6) is 0.695. The molecule has 0 aliphatic heterocycles. The van der Waals surface area contributed by atoms with E-state index in [1.807, 2.05) is 48.5 Å². The second-order valence-electron chi connectivity index (χ2n) is 3.72. The van der Waals surface area contributed by atoms with Gasteiger partial charge in [-0.3, -0.25) is 0 Å². The maximum atomic E-state index is 6.03. The summed E-state index contributed by atoms with van der Waals surface area (Å²) in [6.07, 6.45) is 0. The van der Waals surface area contributed by atoms with Crippen molar-refractivity contribution in [2.45, 2.75) is 0 Å². The maximum Gasteiger partial charge on any atom is 0.139 e. The van der Waals surface area contributed by atoms with E-state index in [0.29, 0.717) is 17.4 Å². The van der Waals surface area contributed by atoms with E-state index in [1.165, 1.54) is 0 Å². The van der Waals surface area contributed by atoms with Crippen LogP contribution in [0.25, 0.3) is 0 Å². The van der Waals surface area contributed by atoms with Crippen molar-refractivity contribution in [3.63, 3.8) is 0 Å². The average Bonchev–Trinajstić information content (AvgIpc) is 2.40. The molecule has 18 heavy (non-hydrogen) atoms. The Morgan fingerprint density at radius 3 is 2.67 bits per heavy atom. The molecule has 0 aliphatic rings. The first-order valence-electron chi connectivity index (χ1n) is 5.62. The molecule has 2 nitrogen and oxygen atoms in total. The standard InChI is InChI=1S/C14H13BrClNO/c15-11-6-7-13(16)14(10-11)18-9-8-17-12-4-2-1-3-5-12/h1-7,10,17H,8-9H2. The molecule has 1 N–H and O–H groups in total. The van der Waals surface area contributed by atoms with Gasteiger partial charge in [-0.15, -0.1) is 0 Å². The first-order valence-corrected chi connectivity index (χ1v) is 6.79. The summed E-state index contributed by atoms with van der Waals surface area (Å²) in [6, 6.07) is 15.6. The van der Waals surface area contributed by atoms with Crippen molar-refractivity contribution >= 4 is 33.2 Å². The minimum Gasteiger partial charge on any atom is -0.490 e. The first kappa shape index (κ1) is 13.2. The topological polar surface area (TPSA) is 21.3 Å². The molecule has 2 aromatic rings. The molecule has 0 unspecified atom stereocenters. The summed E-state index contributed by atoms with van der Waals surface area (Å²) in [5, 5.41) is 3.89. The Bertz CT molecular complexity index is 504. The monoisotopic (exact) mass is 325 g/mol. The number of hydrogen-bond acceptors (Lipinski definition) is 2. The van der Waals surface area contributed by atoms with Crippen LogP contribution < -0.4 is 10.1 Å². The molecule has 0 saturated carbocycles. The highest BCUT2D eigenvalue weighted by Crippen LogP contribution is 2.27. The summed E-state index contributed by atoms with van der Waals surface area (Å²) in [7, 11) is 0. The predicted octanol–water partition coefficient (Wildman–Crippen LogP) is 4.59. The van der Waals surface area contributed by atoms with Crippen molar-refractivity contribution in [1.82, 2.24) is 0 Å². The van der Waals surface area contributed by atoms with Gasteiger partial charge in [0.1, 0.15) is 12.4 Å². The van der Waals surface area contributed by atoms with Gasteiger partial charge in [0.05, 0.1) is 5.02 Å². The number of para-hydroxylation sites is 1. The lowest BCUT2D eigenvalue weighted by molar-refractivity contribution is 0.333. The van der Waals surface area contributed by atoms with Crippen LogP contribution >= 0.6 is 27.5 Å². The van der Waals surface area contributed by atoms with E-state index in [9.17, 15) is 0 Å². The fourth-order valence-corrected chi connectivity index (χ4v) is 2.01. The number of benzene rings is 2. The third-order valence-corrected chi connectivity index (χ3v) is 3.16. The SMILES string of the molecule is Clc1ccc(Br)cc1OCCNc1ccccc1. The van der Waals surface area contributed by atoms with Gasteiger partial charge in [0, 0.05) is 16.7 Å². The van der Waals surface area contributed by atoms with Crippen LogP contribution in [0.3, 0.4) is 0 Å². The van der Waals surface area contributed by atoms with Crippen molar-refractivity contribution in [3.05, 3.63) is 58.0 Å². The molecular formula is C14H13BrClNO. The minimum atomic E-state index is 0.561. The highest BCUT2D eigenvalue weighted by atomic mass is 79.9. The minimum absolute atomic E-state index is 0.561. The first-order chi connectivity index (χ1) is 8.75. The maximum absolute atomic E-state index is 6.03. The average molecular weight is 327 g/mol. The van der Waals surface area contributed by atoms with Gasteiger partial charge >= 0.3 is 0 Å². The van der Waals surface area contributed by atoms with Gasteiger partial charge < -0.3 is 10.1 Å². The van der Waals surface area contributed by atoms with Crippen LogP contribution in [0.5, 0.6) is 5.75 Å². The number of rotatable bonds is 5. The fraction of sp³-hybridized carbons (Fsp3) is 0.143. The molecule has 0 aliphatic carbocycles. The predicted molar refractivity (Wildman–Crippen MR) is 79.6 cm³/mol. The van der Waals surface area contributed by atoms with Crippen LogP contribution in [0.4, 0.5) is 5.69 Å². The van der Waals surface area contributed by atoms with Gasteiger partial charge in [-0.05, 0) is 30.3 Å². The molecule has 0 heterocycles. The molecule has 0 radical (unpaired) electrons. The van der Waals surface area contributed by atoms with Gasteiger partial charge in [-0.1, -0.05) is 45.7 Å². The molecule has 0 saturated heterocycles.